The van der Waals surface area contributed by atoms with Gasteiger partial charge in [-0.3, -0.25) is 9.97 Å². The molecule has 6 rings (SSSR count). The van der Waals surface area contributed by atoms with Gasteiger partial charge >= 0.3 is 0 Å². The fourth-order valence-corrected chi connectivity index (χ4v) is 6.61. The predicted octanol–water partition coefficient (Wildman–Crippen LogP) is 4.29. The minimum absolute atomic E-state index is 0.374. The van der Waals surface area contributed by atoms with Crippen molar-refractivity contribution in [2.24, 2.45) is 5.92 Å². The third-order valence-corrected chi connectivity index (χ3v) is 8.41. The van der Waals surface area contributed by atoms with Gasteiger partial charge in [0.05, 0.1) is 31.2 Å². The Bertz CT molecular complexity index is 1420. The summed E-state index contributed by atoms with van der Waals surface area (Å²) in [6.45, 7) is 1.01. The second kappa shape index (κ2) is 9.78. The van der Waals surface area contributed by atoms with Gasteiger partial charge in [0.1, 0.15) is 11.5 Å². The molecule has 1 fully saturated rings. The van der Waals surface area contributed by atoms with Crippen molar-refractivity contribution >= 4 is 15.9 Å². The van der Waals surface area contributed by atoms with Crippen molar-refractivity contribution in [3.05, 3.63) is 118 Å². The Labute approximate surface area is 229 Å². The van der Waals surface area contributed by atoms with E-state index in [1.807, 2.05) is 72.9 Å². The van der Waals surface area contributed by atoms with Crippen LogP contribution >= 0.6 is 15.9 Å². The second-order valence-electron chi connectivity index (χ2n) is 9.82. The summed E-state index contributed by atoms with van der Waals surface area (Å²) in [4.78, 5) is 8.48. The molecule has 0 unspecified atom stereocenters. The maximum absolute atomic E-state index is 12.8. The summed E-state index contributed by atoms with van der Waals surface area (Å²) >= 11 is 3.53. The SMILES string of the molecule is COc1cncc2c1[C@]1(O)[C@H](O)[C@H](CNCc3cccnc3)[C@@H](c3ccccc3)[C@]1(c1ccc(Br)cc1)O2. The lowest BCUT2D eigenvalue weighted by molar-refractivity contribution is -0.152. The number of halogens is 1. The van der Waals surface area contributed by atoms with Crippen molar-refractivity contribution in [3.63, 3.8) is 0 Å². The monoisotopic (exact) mass is 573 g/mol. The highest BCUT2D eigenvalue weighted by Gasteiger charge is 2.76. The third-order valence-electron chi connectivity index (χ3n) is 7.88. The van der Waals surface area contributed by atoms with Crippen LogP contribution in [0.5, 0.6) is 11.5 Å². The average molecular weight is 574 g/mol. The molecule has 3 heterocycles. The Morgan fingerprint density at radius 2 is 1.79 bits per heavy atom. The van der Waals surface area contributed by atoms with E-state index in [-0.39, 0.29) is 0 Å². The first-order valence-electron chi connectivity index (χ1n) is 12.5. The summed E-state index contributed by atoms with van der Waals surface area (Å²) in [5.74, 6) is -0.0487. The highest BCUT2D eigenvalue weighted by atomic mass is 79.9. The van der Waals surface area contributed by atoms with Gasteiger partial charge in [-0.15, -0.1) is 0 Å². The summed E-state index contributed by atoms with van der Waals surface area (Å²) in [5, 5.41) is 28.4. The van der Waals surface area contributed by atoms with E-state index in [1.54, 1.807) is 18.6 Å². The molecule has 38 heavy (non-hydrogen) atoms. The normalized spacial score (nSPS) is 27.4. The number of rotatable bonds is 7. The number of aromatic nitrogens is 2. The van der Waals surface area contributed by atoms with E-state index >= 15 is 0 Å². The molecule has 0 bridgehead atoms. The number of aliphatic hydroxyl groups is 2. The first-order valence-corrected chi connectivity index (χ1v) is 13.3. The number of nitrogens with one attached hydrogen (secondary N) is 1. The van der Waals surface area contributed by atoms with Gasteiger partial charge in [0.15, 0.2) is 11.2 Å². The molecule has 194 valence electrons. The van der Waals surface area contributed by atoms with Crippen molar-refractivity contribution in [1.82, 2.24) is 15.3 Å². The first kappa shape index (κ1) is 25.0. The molecule has 0 spiro atoms. The lowest BCUT2D eigenvalue weighted by Gasteiger charge is -2.41. The number of pyridine rings is 2. The molecule has 0 radical (unpaired) electrons. The fourth-order valence-electron chi connectivity index (χ4n) is 6.34. The molecule has 1 saturated carbocycles. The Morgan fingerprint density at radius 3 is 2.50 bits per heavy atom. The summed E-state index contributed by atoms with van der Waals surface area (Å²) in [7, 11) is 1.53. The van der Waals surface area contributed by atoms with Crippen LogP contribution in [0.3, 0.4) is 0 Å². The quantitative estimate of drug-likeness (QED) is 0.303. The number of aliphatic hydroxyl groups excluding tert-OH is 1. The largest absolute Gasteiger partial charge is 0.495 e. The zero-order chi connectivity index (χ0) is 26.3. The van der Waals surface area contributed by atoms with Crippen molar-refractivity contribution in [2.75, 3.05) is 13.7 Å². The van der Waals surface area contributed by atoms with E-state index in [0.29, 0.717) is 30.2 Å². The van der Waals surface area contributed by atoms with E-state index in [9.17, 15) is 10.2 Å². The summed E-state index contributed by atoms with van der Waals surface area (Å²) in [5.41, 5.74) is 0.00923. The van der Waals surface area contributed by atoms with Gasteiger partial charge in [0, 0.05) is 41.8 Å². The number of benzene rings is 2. The van der Waals surface area contributed by atoms with E-state index < -0.39 is 29.1 Å². The van der Waals surface area contributed by atoms with Crippen LogP contribution in [0.15, 0.2) is 96.0 Å². The molecule has 7 nitrogen and oxygen atoms in total. The maximum Gasteiger partial charge on any atom is 0.177 e. The average Bonchev–Trinajstić information content (AvgIpc) is 3.33. The number of nitrogens with zero attached hydrogens (tertiary/aromatic N) is 2. The van der Waals surface area contributed by atoms with Gasteiger partial charge in [-0.1, -0.05) is 64.5 Å². The molecule has 2 aromatic carbocycles. The van der Waals surface area contributed by atoms with E-state index in [2.05, 4.69) is 31.2 Å². The topological polar surface area (TPSA) is 96.7 Å². The highest BCUT2D eigenvalue weighted by molar-refractivity contribution is 9.10. The Kier molecular flexibility index (Phi) is 6.44. The summed E-state index contributed by atoms with van der Waals surface area (Å²) in [6, 6.07) is 21.6. The maximum atomic E-state index is 12.8. The molecule has 0 saturated heterocycles. The molecule has 4 aromatic rings. The van der Waals surface area contributed by atoms with Gasteiger partial charge in [-0.25, -0.2) is 0 Å². The van der Waals surface area contributed by atoms with Gasteiger partial charge in [-0.05, 0) is 34.9 Å². The number of hydrogen-bond donors (Lipinski definition) is 3. The van der Waals surface area contributed by atoms with Crippen LogP contribution in [0.25, 0.3) is 0 Å². The Hall–Kier alpha value is -3.30. The molecule has 8 heteroatoms. The van der Waals surface area contributed by atoms with E-state index in [1.165, 1.54) is 7.11 Å². The minimum atomic E-state index is -1.81. The molecular formula is C30H28BrN3O4. The number of ether oxygens (including phenoxy) is 2. The lowest BCUT2D eigenvalue weighted by Crippen LogP contribution is -2.52. The van der Waals surface area contributed by atoms with Crippen molar-refractivity contribution in [2.45, 2.75) is 29.8 Å². The smallest absolute Gasteiger partial charge is 0.177 e. The number of fused-ring (bicyclic) bond motifs is 3. The van der Waals surface area contributed by atoms with Crippen LogP contribution in [0.2, 0.25) is 0 Å². The number of methoxy groups -OCH3 is 1. The van der Waals surface area contributed by atoms with Crippen molar-refractivity contribution in [1.29, 1.82) is 0 Å². The molecular weight excluding hydrogens is 546 g/mol. The van der Waals surface area contributed by atoms with E-state index in [4.69, 9.17) is 9.47 Å². The van der Waals surface area contributed by atoms with Crippen LogP contribution in [0.4, 0.5) is 0 Å². The standard InChI is InChI=1S/C30H28BrN3O4/c1-37-24-17-34-18-25-27(24)29(36)28(35)23(16-33-15-19-6-5-13-32-14-19)26(20-7-3-2-4-8-20)30(29,38-25)21-9-11-22(31)12-10-21/h2-14,17-18,23,26,28,33,35-36H,15-16H2,1H3/t23-,26-,28-,29+,30+/m1/s1. The van der Waals surface area contributed by atoms with Crippen LogP contribution < -0.4 is 14.8 Å². The van der Waals surface area contributed by atoms with E-state index in [0.717, 1.165) is 21.2 Å². The first-order chi connectivity index (χ1) is 18.5. The summed E-state index contributed by atoms with van der Waals surface area (Å²) in [6.07, 6.45) is 5.51. The van der Waals surface area contributed by atoms with Crippen molar-refractivity contribution < 1.29 is 19.7 Å². The minimum Gasteiger partial charge on any atom is -0.495 e. The van der Waals surface area contributed by atoms with Gasteiger partial charge in [-0.2, -0.15) is 0 Å². The van der Waals surface area contributed by atoms with Crippen LogP contribution in [-0.2, 0) is 17.7 Å². The van der Waals surface area contributed by atoms with Crippen LogP contribution in [-0.4, -0.2) is 39.9 Å². The molecule has 1 aliphatic heterocycles. The molecule has 0 amide bonds. The zero-order valence-electron chi connectivity index (χ0n) is 20.8. The number of hydrogen-bond acceptors (Lipinski definition) is 7. The molecule has 2 aliphatic rings. The Balaban J connectivity index is 1.53. The molecule has 3 N–H and O–H groups in total. The summed E-state index contributed by atoms with van der Waals surface area (Å²) < 4.78 is 13.4. The molecule has 5 atom stereocenters. The predicted molar refractivity (Wildman–Crippen MR) is 146 cm³/mol. The second-order valence-corrected chi connectivity index (χ2v) is 10.7. The zero-order valence-corrected chi connectivity index (χ0v) is 22.4. The van der Waals surface area contributed by atoms with Crippen LogP contribution in [0.1, 0.15) is 28.2 Å². The van der Waals surface area contributed by atoms with Gasteiger partial charge in [0.25, 0.3) is 0 Å². The van der Waals surface area contributed by atoms with Crippen molar-refractivity contribution in [3.8, 4) is 11.5 Å². The van der Waals surface area contributed by atoms with Gasteiger partial charge in [0.2, 0.25) is 0 Å². The molecule has 1 aliphatic carbocycles. The third kappa shape index (κ3) is 3.66. The molecule has 2 aromatic heterocycles. The Morgan fingerprint density at radius 1 is 1.00 bits per heavy atom. The fraction of sp³-hybridized carbons (Fsp3) is 0.267. The highest BCUT2D eigenvalue weighted by Crippen LogP contribution is 2.69. The van der Waals surface area contributed by atoms with Gasteiger partial charge < -0.3 is 25.0 Å². The lowest BCUT2D eigenvalue weighted by atomic mass is 9.70. The van der Waals surface area contributed by atoms with Crippen LogP contribution in [0, 0.1) is 5.92 Å².